The lowest BCUT2D eigenvalue weighted by Crippen LogP contribution is -2.17. The molecule has 4 aromatic rings. The van der Waals surface area contributed by atoms with Gasteiger partial charge in [0.2, 0.25) is 5.91 Å². The zero-order valence-corrected chi connectivity index (χ0v) is 14.6. The molecule has 7 nitrogen and oxygen atoms in total. The predicted molar refractivity (Wildman–Crippen MR) is 104 cm³/mol. The summed E-state index contributed by atoms with van der Waals surface area (Å²) in [7, 11) is 0. The number of nitrogens with one attached hydrogen (secondary N) is 2. The van der Waals surface area contributed by atoms with Crippen LogP contribution in [0.25, 0.3) is 11.0 Å². The fourth-order valence-electron chi connectivity index (χ4n) is 2.93. The number of fused-ring (bicyclic) bond motifs is 1. The van der Waals surface area contributed by atoms with E-state index in [2.05, 4.69) is 15.3 Å². The van der Waals surface area contributed by atoms with Crippen molar-refractivity contribution >= 4 is 28.4 Å². The number of pyridine rings is 1. The van der Waals surface area contributed by atoms with E-state index in [4.69, 9.17) is 5.73 Å². The van der Waals surface area contributed by atoms with Crippen molar-refractivity contribution in [1.29, 1.82) is 0 Å². The monoisotopic (exact) mass is 377 g/mol. The molecule has 0 aliphatic rings. The molecule has 140 valence electrons. The Hall–Kier alpha value is -3.94. The molecule has 0 fully saturated rings. The minimum absolute atomic E-state index is 0.287. The third kappa shape index (κ3) is 3.48. The zero-order valence-electron chi connectivity index (χ0n) is 14.6. The first kappa shape index (κ1) is 17.5. The molecule has 0 atom stereocenters. The second-order valence-electron chi connectivity index (χ2n) is 6.30. The van der Waals surface area contributed by atoms with Gasteiger partial charge < -0.3 is 16.0 Å². The van der Waals surface area contributed by atoms with E-state index >= 15 is 0 Å². The van der Waals surface area contributed by atoms with Crippen LogP contribution in [0.15, 0.2) is 65.6 Å². The number of aromatic nitrogens is 3. The third-order valence-electron chi connectivity index (χ3n) is 4.34. The van der Waals surface area contributed by atoms with Crippen LogP contribution < -0.4 is 16.7 Å². The summed E-state index contributed by atoms with van der Waals surface area (Å²) >= 11 is 0. The number of aromatic amines is 1. The number of anilines is 2. The number of benzene rings is 2. The lowest BCUT2D eigenvalue weighted by Gasteiger charge is -2.07. The lowest BCUT2D eigenvalue weighted by atomic mass is 10.2. The summed E-state index contributed by atoms with van der Waals surface area (Å²) in [6.45, 7) is 0.318. The summed E-state index contributed by atoms with van der Waals surface area (Å²) in [6.07, 6.45) is 1.66. The van der Waals surface area contributed by atoms with Crippen LogP contribution in [0, 0.1) is 5.82 Å². The van der Waals surface area contributed by atoms with E-state index in [1.807, 2.05) is 6.07 Å². The van der Waals surface area contributed by atoms with Gasteiger partial charge in [-0.05, 0) is 54.1 Å². The van der Waals surface area contributed by atoms with Crippen molar-refractivity contribution in [3.05, 3.63) is 88.2 Å². The molecule has 28 heavy (non-hydrogen) atoms. The number of amides is 1. The molecule has 2 aromatic carbocycles. The molecule has 0 spiro atoms. The first-order chi connectivity index (χ1) is 13.5. The molecule has 0 saturated carbocycles. The van der Waals surface area contributed by atoms with Gasteiger partial charge in [-0.1, -0.05) is 6.07 Å². The van der Waals surface area contributed by atoms with Gasteiger partial charge in [-0.15, -0.1) is 0 Å². The number of hydrogen-bond donors (Lipinski definition) is 3. The number of imidazole rings is 1. The van der Waals surface area contributed by atoms with Gasteiger partial charge in [0, 0.05) is 17.4 Å². The van der Waals surface area contributed by atoms with Gasteiger partial charge in [0.1, 0.15) is 11.6 Å². The summed E-state index contributed by atoms with van der Waals surface area (Å²) < 4.78 is 14.5. The number of hydrogen-bond acceptors (Lipinski definition) is 4. The van der Waals surface area contributed by atoms with Crippen LogP contribution in [0.3, 0.4) is 0 Å². The molecule has 2 aromatic heterocycles. The maximum atomic E-state index is 13.0. The Morgan fingerprint density at radius 2 is 1.93 bits per heavy atom. The summed E-state index contributed by atoms with van der Waals surface area (Å²) in [4.78, 5) is 30.6. The van der Waals surface area contributed by atoms with Crippen molar-refractivity contribution in [3.8, 4) is 0 Å². The fraction of sp³-hybridized carbons (Fsp3) is 0.0500. The molecule has 1 amide bonds. The number of nitrogens with two attached hydrogens (primary N) is 1. The molecule has 0 unspecified atom stereocenters. The van der Waals surface area contributed by atoms with E-state index in [-0.39, 0.29) is 11.5 Å². The summed E-state index contributed by atoms with van der Waals surface area (Å²) in [5.41, 5.74) is 8.09. The molecule has 8 heteroatoms. The van der Waals surface area contributed by atoms with Crippen LogP contribution in [0.5, 0.6) is 0 Å². The number of rotatable bonds is 5. The van der Waals surface area contributed by atoms with Crippen molar-refractivity contribution in [3.63, 3.8) is 0 Å². The second-order valence-corrected chi connectivity index (χ2v) is 6.30. The first-order valence-corrected chi connectivity index (χ1v) is 8.49. The average Bonchev–Trinajstić information content (AvgIpc) is 2.99. The van der Waals surface area contributed by atoms with Crippen molar-refractivity contribution in [2.75, 3.05) is 5.32 Å². The van der Waals surface area contributed by atoms with Gasteiger partial charge in [-0.25, -0.2) is 14.2 Å². The van der Waals surface area contributed by atoms with E-state index in [9.17, 15) is 14.0 Å². The van der Waals surface area contributed by atoms with Gasteiger partial charge >= 0.3 is 5.69 Å². The number of nitrogens with zero attached hydrogens (tertiary/aromatic N) is 2. The average molecular weight is 377 g/mol. The van der Waals surface area contributed by atoms with Crippen molar-refractivity contribution in [1.82, 2.24) is 14.5 Å². The quantitative estimate of drug-likeness (QED) is 0.497. The molecule has 0 bridgehead atoms. The Morgan fingerprint density at radius 3 is 2.61 bits per heavy atom. The maximum absolute atomic E-state index is 13.0. The number of primary amides is 1. The van der Waals surface area contributed by atoms with E-state index in [1.165, 1.54) is 12.1 Å². The molecule has 4 N–H and O–H groups in total. The van der Waals surface area contributed by atoms with Crippen LogP contribution in [-0.4, -0.2) is 20.4 Å². The van der Waals surface area contributed by atoms with Crippen LogP contribution in [0.1, 0.15) is 15.9 Å². The summed E-state index contributed by atoms with van der Waals surface area (Å²) in [5, 5.41) is 3.08. The highest BCUT2D eigenvalue weighted by atomic mass is 19.1. The lowest BCUT2D eigenvalue weighted by molar-refractivity contribution is 0.100. The van der Waals surface area contributed by atoms with Crippen molar-refractivity contribution < 1.29 is 9.18 Å². The Kier molecular flexibility index (Phi) is 4.36. The largest absolute Gasteiger partial charge is 0.366 e. The SMILES string of the molecule is NC(=O)c1ccc2c(c1)[nH]c(=O)n2Cc1ccc(Nc2ccc(F)cc2)nc1. The highest BCUT2D eigenvalue weighted by molar-refractivity contribution is 5.96. The van der Waals surface area contributed by atoms with Gasteiger partial charge in [0.05, 0.1) is 17.6 Å². The van der Waals surface area contributed by atoms with Crippen molar-refractivity contribution in [2.45, 2.75) is 6.54 Å². The van der Waals surface area contributed by atoms with E-state index in [0.29, 0.717) is 29.0 Å². The fourth-order valence-corrected chi connectivity index (χ4v) is 2.93. The summed E-state index contributed by atoms with van der Waals surface area (Å²) in [5.74, 6) is -0.252. The Morgan fingerprint density at radius 1 is 1.14 bits per heavy atom. The number of carbonyl (C=O) groups excluding carboxylic acids is 1. The Balaban J connectivity index is 1.56. The Labute approximate surface area is 158 Å². The predicted octanol–water partition coefficient (Wildman–Crippen LogP) is 2.75. The molecule has 0 aliphatic carbocycles. The van der Waals surface area contributed by atoms with Gasteiger partial charge in [-0.3, -0.25) is 9.36 Å². The molecule has 0 radical (unpaired) electrons. The van der Waals surface area contributed by atoms with Crippen LogP contribution in [-0.2, 0) is 6.54 Å². The first-order valence-electron chi connectivity index (χ1n) is 8.49. The van der Waals surface area contributed by atoms with Gasteiger partial charge in [-0.2, -0.15) is 0 Å². The van der Waals surface area contributed by atoms with Crippen LogP contribution in [0.4, 0.5) is 15.9 Å². The van der Waals surface area contributed by atoms with Gasteiger partial charge in [0.25, 0.3) is 0 Å². The van der Waals surface area contributed by atoms with Crippen LogP contribution in [0.2, 0.25) is 0 Å². The molecule has 2 heterocycles. The minimum Gasteiger partial charge on any atom is -0.366 e. The van der Waals surface area contributed by atoms with E-state index < -0.39 is 5.91 Å². The van der Waals surface area contributed by atoms with E-state index in [0.717, 1.165) is 11.3 Å². The van der Waals surface area contributed by atoms with Crippen LogP contribution >= 0.6 is 0 Å². The van der Waals surface area contributed by atoms with E-state index in [1.54, 1.807) is 47.2 Å². The number of carbonyl (C=O) groups is 1. The molecule has 0 aliphatic heterocycles. The highest BCUT2D eigenvalue weighted by Gasteiger charge is 2.10. The zero-order chi connectivity index (χ0) is 19.7. The minimum atomic E-state index is -0.552. The third-order valence-corrected chi connectivity index (χ3v) is 4.34. The normalized spacial score (nSPS) is 10.9. The molecule has 0 saturated heterocycles. The van der Waals surface area contributed by atoms with Crippen molar-refractivity contribution in [2.24, 2.45) is 5.73 Å². The summed E-state index contributed by atoms with van der Waals surface area (Å²) in [6, 6.07) is 14.4. The standard InChI is InChI=1S/C20H16FN5O2/c21-14-3-5-15(6-4-14)24-18-8-1-12(10-23-18)11-26-17-7-2-13(19(22)27)9-16(17)25-20(26)28/h1-10H,11H2,(H2,22,27)(H,23,24)(H,25,28). The second kappa shape index (κ2) is 6.99. The molecule has 4 rings (SSSR count). The number of H-pyrrole nitrogens is 1. The smallest absolute Gasteiger partial charge is 0.326 e. The topological polar surface area (TPSA) is 106 Å². The highest BCUT2D eigenvalue weighted by Crippen LogP contribution is 2.17. The van der Waals surface area contributed by atoms with Gasteiger partial charge in [0.15, 0.2) is 0 Å². The molecular weight excluding hydrogens is 361 g/mol. The number of halogens is 1. The Bertz CT molecular complexity index is 1210. The maximum Gasteiger partial charge on any atom is 0.326 e. The molecular formula is C20H16FN5O2.